The first-order valence-corrected chi connectivity index (χ1v) is 7.80. The van der Waals surface area contributed by atoms with Gasteiger partial charge in [-0.2, -0.15) is 0 Å². The maximum absolute atomic E-state index is 12.4. The molecule has 0 aliphatic carbocycles. The van der Waals surface area contributed by atoms with E-state index < -0.39 is 5.97 Å². The van der Waals surface area contributed by atoms with E-state index in [1.807, 2.05) is 42.5 Å². The van der Waals surface area contributed by atoms with Crippen LogP contribution in [0, 0.1) is 6.92 Å². The average Bonchev–Trinajstić information content (AvgIpc) is 2.65. The van der Waals surface area contributed by atoms with Crippen molar-refractivity contribution in [2.24, 2.45) is 0 Å². The molecular weight excluding hydrogens is 318 g/mol. The minimum absolute atomic E-state index is 0.416. The molecule has 0 aliphatic rings. The Kier molecular flexibility index (Phi) is 4.57. The lowest BCUT2D eigenvalue weighted by Crippen LogP contribution is -2.09. The fourth-order valence-corrected chi connectivity index (χ4v) is 2.97. The molecule has 0 atom stereocenters. The van der Waals surface area contributed by atoms with Crippen molar-refractivity contribution >= 4 is 16.9 Å². The molecule has 5 nitrogen and oxygen atoms in total. The number of aryl methyl sites for hydroxylation is 1. The lowest BCUT2D eigenvalue weighted by Gasteiger charge is -2.16. The molecule has 1 aromatic heterocycles. The van der Waals surface area contributed by atoms with Crippen LogP contribution >= 0.6 is 0 Å². The Morgan fingerprint density at radius 2 is 1.60 bits per heavy atom. The third kappa shape index (κ3) is 2.89. The van der Waals surface area contributed by atoms with Gasteiger partial charge in [-0.25, -0.2) is 4.79 Å². The second-order valence-corrected chi connectivity index (χ2v) is 5.53. The van der Waals surface area contributed by atoms with Crippen molar-refractivity contribution in [3.8, 4) is 22.6 Å². The zero-order valence-corrected chi connectivity index (χ0v) is 14.6. The van der Waals surface area contributed by atoms with E-state index in [9.17, 15) is 4.79 Å². The number of hydrogen-bond acceptors (Lipinski definition) is 5. The van der Waals surface area contributed by atoms with Gasteiger partial charge in [-0.1, -0.05) is 30.3 Å². The highest BCUT2D eigenvalue weighted by Gasteiger charge is 2.22. The summed E-state index contributed by atoms with van der Waals surface area (Å²) in [5.41, 5.74) is 3.46. The summed E-state index contributed by atoms with van der Waals surface area (Å²) in [6, 6.07) is 13.4. The second kappa shape index (κ2) is 6.81. The highest BCUT2D eigenvalue weighted by atomic mass is 16.5. The van der Waals surface area contributed by atoms with E-state index in [1.54, 1.807) is 21.1 Å². The molecule has 1 heterocycles. The van der Waals surface area contributed by atoms with Crippen LogP contribution in [0.1, 0.15) is 16.1 Å². The Labute approximate surface area is 146 Å². The SMILES string of the molecule is COC(=O)c1c(C)nc2cc(OC)c(OC)cc2c1-c1ccccc1. The number of pyridine rings is 1. The zero-order valence-electron chi connectivity index (χ0n) is 14.6. The van der Waals surface area contributed by atoms with Gasteiger partial charge in [-0.15, -0.1) is 0 Å². The first-order valence-electron chi connectivity index (χ1n) is 7.80. The summed E-state index contributed by atoms with van der Waals surface area (Å²) in [6.45, 7) is 1.80. The average molecular weight is 337 g/mol. The molecular formula is C20H19NO4. The van der Waals surface area contributed by atoms with Crippen molar-refractivity contribution in [3.05, 3.63) is 53.7 Å². The van der Waals surface area contributed by atoms with Crippen LogP contribution in [0.2, 0.25) is 0 Å². The molecule has 128 valence electrons. The van der Waals surface area contributed by atoms with Gasteiger partial charge in [-0.05, 0) is 18.6 Å². The number of rotatable bonds is 4. The van der Waals surface area contributed by atoms with Crippen LogP contribution in [0.15, 0.2) is 42.5 Å². The summed E-state index contributed by atoms with van der Waals surface area (Å²) < 4.78 is 15.8. The Morgan fingerprint density at radius 3 is 2.20 bits per heavy atom. The van der Waals surface area contributed by atoms with Crippen molar-refractivity contribution < 1.29 is 19.0 Å². The third-order valence-corrected chi connectivity index (χ3v) is 4.12. The predicted molar refractivity (Wildman–Crippen MR) is 96.4 cm³/mol. The number of carbonyl (C=O) groups excluding carboxylic acids is 1. The fraction of sp³-hybridized carbons (Fsp3) is 0.200. The summed E-state index contributed by atoms with van der Waals surface area (Å²) in [5.74, 6) is 0.751. The number of ether oxygens (including phenoxy) is 3. The van der Waals surface area contributed by atoms with E-state index in [4.69, 9.17) is 14.2 Å². The monoisotopic (exact) mass is 337 g/mol. The number of nitrogens with zero attached hydrogens (tertiary/aromatic N) is 1. The van der Waals surface area contributed by atoms with Gasteiger partial charge in [0.05, 0.1) is 38.1 Å². The quantitative estimate of drug-likeness (QED) is 0.673. The van der Waals surface area contributed by atoms with Crippen molar-refractivity contribution in [3.63, 3.8) is 0 Å². The Balaban J connectivity index is 2.47. The number of esters is 1. The Hall–Kier alpha value is -3.08. The highest BCUT2D eigenvalue weighted by Crippen LogP contribution is 2.39. The maximum atomic E-state index is 12.4. The molecule has 0 spiro atoms. The molecule has 0 unspecified atom stereocenters. The number of methoxy groups -OCH3 is 3. The molecule has 3 rings (SSSR count). The molecule has 2 aromatic carbocycles. The molecule has 0 saturated heterocycles. The van der Waals surface area contributed by atoms with Crippen LogP contribution < -0.4 is 9.47 Å². The van der Waals surface area contributed by atoms with E-state index >= 15 is 0 Å². The molecule has 0 radical (unpaired) electrons. The van der Waals surface area contributed by atoms with E-state index in [0.29, 0.717) is 22.8 Å². The fourth-order valence-electron chi connectivity index (χ4n) is 2.97. The molecule has 0 aliphatic heterocycles. The first-order chi connectivity index (χ1) is 12.1. The van der Waals surface area contributed by atoms with Gasteiger partial charge >= 0.3 is 5.97 Å². The number of fused-ring (bicyclic) bond motifs is 1. The summed E-state index contributed by atoms with van der Waals surface area (Å²) in [5, 5.41) is 0.801. The largest absolute Gasteiger partial charge is 0.493 e. The van der Waals surface area contributed by atoms with Gasteiger partial charge in [0.1, 0.15) is 0 Å². The Morgan fingerprint density at radius 1 is 0.960 bits per heavy atom. The highest BCUT2D eigenvalue weighted by molar-refractivity contribution is 6.08. The number of aromatic nitrogens is 1. The van der Waals surface area contributed by atoms with Crippen LogP contribution in [0.25, 0.3) is 22.0 Å². The van der Waals surface area contributed by atoms with Gasteiger partial charge in [0, 0.05) is 17.0 Å². The molecule has 3 aromatic rings. The Bertz CT molecular complexity index is 936. The number of carbonyl (C=O) groups is 1. The number of hydrogen-bond donors (Lipinski definition) is 0. The van der Waals surface area contributed by atoms with Crippen LogP contribution in [0.5, 0.6) is 11.5 Å². The van der Waals surface area contributed by atoms with Crippen LogP contribution in [-0.2, 0) is 4.74 Å². The smallest absolute Gasteiger partial charge is 0.340 e. The standard InChI is InChI=1S/C20H19NO4/c1-12-18(20(22)25-4)19(13-8-6-5-7-9-13)14-10-16(23-2)17(24-3)11-15(14)21-12/h5-11H,1-4H3. The second-order valence-electron chi connectivity index (χ2n) is 5.53. The van der Waals surface area contributed by atoms with Gasteiger partial charge in [0.2, 0.25) is 0 Å². The van der Waals surface area contributed by atoms with Crippen molar-refractivity contribution in [2.45, 2.75) is 6.92 Å². The molecule has 25 heavy (non-hydrogen) atoms. The summed E-state index contributed by atoms with van der Waals surface area (Å²) in [7, 11) is 4.53. The van der Waals surface area contributed by atoms with E-state index in [1.165, 1.54) is 7.11 Å². The van der Waals surface area contributed by atoms with E-state index in [-0.39, 0.29) is 0 Å². The van der Waals surface area contributed by atoms with Gasteiger partial charge in [-0.3, -0.25) is 4.98 Å². The predicted octanol–water partition coefficient (Wildman–Crippen LogP) is 4.01. The van der Waals surface area contributed by atoms with Gasteiger partial charge < -0.3 is 14.2 Å². The molecule has 0 N–H and O–H groups in total. The van der Waals surface area contributed by atoms with Gasteiger partial charge in [0.15, 0.2) is 11.5 Å². The summed E-state index contributed by atoms with van der Waals surface area (Å²) >= 11 is 0. The summed E-state index contributed by atoms with van der Waals surface area (Å²) in [4.78, 5) is 17.0. The van der Waals surface area contributed by atoms with Crippen LogP contribution in [0.3, 0.4) is 0 Å². The first kappa shape index (κ1) is 16.8. The van der Waals surface area contributed by atoms with E-state index in [2.05, 4.69) is 4.98 Å². The van der Waals surface area contributed by atoms with Crippen molar-refractivity contribution in [1.82, 2.24) is 4.98 Å². The lowest BCUT2D eigenvalue weighted by atomic mass is 9.94. The summed E-state index contributed by atoms with van der Waals surface area (Å²) in [6.07, 6.45) is 0. The maximum Gasteiger partial charge on any atom is 0.340 e. The molecule has 0 saturated carbocycles. The number of benzene rings is 2. The normalized spacial score (nSPS) is 10.6. The van der Waals surface area contributed by atoms with Gasteiger partial charge in [0.25, 0.3) is 0 Å². The van der Waals surface area contributed by atoms with E-state index in [0.717, 1.165) is 22.0 Å². The van der Waals surface area contributed by atoms with Crippen molar-refractivity contribution in [1.29, 1.82) is 0 Å². The third-order valence-electron chi connectivity index (χ3n) is 4.12. The van der Waals surface area contributed by atoms with Crippen molar-refractivity contribution in [2.75, 3.05) is 21.3 Å². The molecule has 5 heteroatoms. The topological polar surface area (TPSA) is 57.7 Å². The van der Waals surface area contributed by atoms with Crippen LogP contribution in [-0.4, -0.2) is 32.3 Å². The van der Waals surface area contributed by atoms with Crippen LogP contribution in [0.4, 0.5) is 0 Å². The molecule has 0 amide bonds. The lowest BCUT2D eigenvalue weighted by molar-refractivity contribution is 0.0600. The zero-order chi connectivity index (χ0) is 18.0. The molecule has 0 bridgehead atoms. The molecule has 0 fully saturated rings. The minimum atomic E-state index is -0.416. The minimum Gasteiger partial charge on any atom is -0.493 e.